The summed E-state index contributed by atoms with van der Waals surface area (Å²) in [5.41, 5.74) is 3.02. The van der Waals surface area contributed by atoms with Crippen LogP contribution in [0.4, 0.5) is 5.69 Å². The Hall–Kier alpha value is -2.86. The first kappa shape index (κ1) is 20.9. The van der Waals surface area contributed by atoms with Crippen LogP contribution in [-0.4, -0.2) is 25.9 Å². The van der Waals surface area contributed by atoms with Crippen LogP contribution in [0, 0.1) is 0 Å². The third kappa shape index (κ3) is 5.15. The van der Waals surface area contributed by atoms with Crippen molar-refractivity contribution in [1.82, 2.24) is 14.8 Å². The van der Waals surface area contributed by atoms with Crippen LogP contribution in [0.25, 0.3) is 11.4 Å². The van der Waals surface area contributed by atoms with E-state index in [0.717, 1.165) is 17.1 Å². The second-order valence-electron chi connectivity index (χ2n) is 7.10. The van der Waals surface area contributed by atoms with Crippen molar-refractivity contribution in [2.24, 2.45) is 0 Å². The number of aromatic nitrogens is 3. The number of anilines is 1. The molecule has 0 aliphatic carbocycles. The topological polar surface area (TPSA) is 59.8 Å². The van der Waals surface area contributed by atoms with Crippen LogP contribution in [0.15, 0.2) is 72.4 Å². The Morgan fingerprint density at radius 3 is 2.41 bits per heavy atom. The highest BCUT2D eigenvalue weighted by Crippen LogP contribution is 2.27. The molecule has 3 aromatic rings. The van der Waals surface area contributed by atoms with Crippen molar-refractivity contribution >= 4 is 23.4 Å². The van der Waals surface area contributed by atoms with E-state index in [2.05, 4.69) is 35.9 Å². The number of thioether (sulfide) groups is 1. The van der Waals surface area contributed by atoms with Gasteiger partial charge in [0.25, 0.3) is 0 Å². The first-order chi connectivity index (χ1) is 14.0. The molecule has 6 heteroatoms. The predicted molar refractivity (Wildman–Crippen MR) is 120 cm³/mol. The Kier molecular flexibility index (Phi) is 6.88. The lowest BCUT2D eigenvalue weighted by atomic mass is 10.0. The monoisotopic (exact) mass is 406 g/mol. The van der Waals surface area contributed by atoms with Gasteiger partial charge in [0.1, 0.15) is 0 Å². The molecule has 2 aromatic carbocycles. The van der Waals surface area contributed by atoms with Gasteiger partial charge in [-0.25, -0.2) is 0 Å². The molecular formula is C23H26N4OS. The van der Waals surface area contributed by atoms with Gasteiger partial charge in [-0.15, -0.1) is 16.8 Å². The van der Waals surface area contributed by atoms with Crippen LogP contribution in [-0.2, 0) is 11.3 Å². The largest absolute Gasteiger partial charge is 0.325 e. The number of hydrogen-bond acceptors (Lipinski definition) is 4. The number of rotatable bonds is 8. The Labute approximate surface area is 176 Å². The summed E-state index contributed by atoms with van der Waals surface area (Å²) < 4.78 is 1.98. The molecule has 0 unspecified atom stereocenters. The molecule has 1 heterocycles. The average Bonchev–Trinajstić information content (AvgIpc) is 3.11. The predicted octanol–water partition coefficient (Wildman–Crippen LogP) is 5.37. The standard InChI is InChI=1S/C23H26N4OS/c1-5-15-27-21(19-9-7-6-8-10-19)25-26-23(27)29-17(4)22(28)24-20-13-11-18(12-14-20)16(2)3/h5-14,16-17H,1,15H2,2-4H3,(H,24,28)/t17-/m0/s1. The van der Waals surface area contributed by atoms with E-state index in [1.807, 2.05) is 66.1 Å². The third-order valence-electron chi connectivity index (χ3n) is 4.56. The summed E-state index contributed by atoms with van der Waals surface area (Å²) in [7, 11) is 0. The van der Waals surface area contributed by atoms with Crippen molar-refractivity contribution in [3.8, 4) is 11.4 Å². The third-order valence-corrected chi connectivity index (χ3v) is 5.64. The van der Waals surface area contributed by atoms with E-state index in [1.54, 1.807) is 6.08 Å². The lowest BCUT2D eigenvalue weighted by molar-refractivity contribution is -0.115. The van der Waals surface area contributed by atoms with Gasteiger partial charge in [-0.2, -0.15) is 0 Å². The molecular weight excluding hydrogens is 380 g/mol. The number of nitrogens with zero attached hydrogens (tertiary/aromatic N) is 3. The smallest absolute Gasteiger partial charge is 0.237 e. The van der Waals surface area contributed by atoms with E-state index in [-0.39, 0.29) is 11.2 Å². The summed E-state index contributed by atoms with van der Waals surface area (Å²) in [5.74, 6) is 1.16. The summed E-state index contributed by atoms with van der Waals surface area (Å²) in [5, 5.41) is 12.0. The first-order valence-corrected chi connectivity index (χ1v) is 10.5. The van der Waals surface area contributed by atoms with Crippen LogP contribution < -0.4 is 5.32 Å². The van der Waals surface area contributed by atoms with Crippen molar-refractivity contribution in [2.45, 2.75) is 43.6 Å². The molecule has 29 heavy (non-hydrogen) atoms. The number of carbonyl (C=O) groups is 1. The quantitative estimate of drug-likeness (QED) is 0.403. The number of hydrogen-bond donors (Lipinski definition) is 1. The van der Waals surface area contributed by atoms with Gasteiger partial charge in [0.2, 0.25) is 5.91 Å². The molecule has 0 saturated heterocycles. The van der Waals surface area contributed by atoms with Gasteiger partial charge >= 0.3 is 0 Å². The van der Waals surface area contributed by atoms with Crippen LogP contribution in [0.3, 0.4) is 0 Å². The highest BCUT2D eigenvalue weighted by molar-refractivity contribution is 8.00. The summed E-state index contributed by atoms with van der Waals surface area (Å²) in [6.45, 7) is 10.6. The molecule has 0 saturated carbocycles. The second kappa shape index (κ2) is 9.56. The minimum atomic E-state index is -0.323. The lowest BCUT2D eigenvalue weighted by Gasteiger charge is -2.13. The number of carbonyl (C=O) groups excluding carboxylic acids is 1. The molecule has 0 bridgehead atoms. The maximum Gasteiger partial charge on any atom is 0.237 e. The minimum absolute atomic E-state index is 0.0679. The van der Waals surface area contributed by atoms with Gasteiger partial charge in [0.05, 0.1) is 5.25 Å². The van der Waals surface area contributed by atoms with Gasteiger partial charge < -0.3 is 5.32 Å². The fourth-order valence-corrected chi connectivity index (χ4v) is 3.74. The molecule has 1 atom stereocenters. The fraction of sp³-hybridized carbons (Fsp3) is 0.261. The van der Waals surface area contributed by atoms with Crippen LogP contribution >= 0.6 is 11.8 Å². The summed E-state index contributed by atoms with van der Waals surface area (Å²) in [6.07, 6.45) is 1.81. The maximum absolute atomic E-state index is 12.7. The number of amides is 1. The van der Waals surface area contributed by atoms with Crippen molar-refractivity contribution < 1.29 is 4.79 Å². The van der Waals surface area contributed by atoms with E-state index in [0.29, 0.717) is 17.6 Å². The maximum atomic E-state index is 12.7. The molecule has 0 radical (unpaired) electrons. The van der Waals surface area contributed by atoms with Crippen LogP contribution in [0.1, 0.15) is 32.3 Å². The molecule has 1 aromatic heterocycles. The second-order valence-corrected chi connectivity index (χ2v) is 8.41. The van der Waals surface area contributed by atoms with Crippen LogP contribution in [0.2, 0.25) is 0 Å². The summed E-state index contributed by atoms with van der Waals surface area (Å²) >= 11 is 1.39. The first-order valence-electron chi connectivity index (χ1n) is 9.66. The normalized spacial score (nSPS) is 12.0. The molecule has 1 amide bonds. The molecule has 0 aliphatic heterocycles. The van der Waals surface area contributed by atoms with Crippen molar-refractivity contribution in [3.63, 3.8) is 0 Å². The van der Waals surface area contributed by atoms with E-state index in [4.69, 9.17) is 0 Å². The van der Waals surface area contributed by atoms with Crippen molar-refractivity contribution in [3.05, 3.63) is 72.8 Å². The number of allylic oxidation sites excluding steroid dienone is 1. The van der Waals surface area contributed by atoms with Gasteiger partial charge in [0.15, 0.2) is 11.0 Å². The van der Waals surface area contributed by atoms with E-state index in [9.17, 15) is 4.79 Å². The Bertz CT molecular complexity index is 964. The van der Waals surface area contributed by atoms with Crippen molar-refractivity contribution in [2.75, 3.05) is 5.32 Å². The minimum Gasteiger partial charge on any atom is -0.325 e. The Morgan fingerprint density at radius 2 is 1.79 bits per heavy atom. The summed E-state index contributed by atoms with van der Waals surface area (Å²) in [6, 6.07) is 17.9. The molecule has 0 aliphatic rings. The zero-order valence-electron chi connectivity index (χ0n) is 17.0. The summed E-state index contributed by atoms with van der Waals surface area (Å²) in [4.78, 5) is 12.7. The van der Waals surface area contributed by atoms with Crippen LogP contribution in [0.5, 0.6) is 0 Å². The molecule has 3 rings (SSSR count). The van der Waals surface area contributed by atoms with E-state index < -0.39 is 0 Å². The highest BCUT2D eigenvalue weighted by atomic mass is 32.2. The Morgan fingerprint density at radius 1 is 1.10 bits per heavy atom. The van der Waals surface area contributed by atoms with Gasteiger partial charge in [0, 0.05) is 17.8 Å². The Balaban J connectivity index is 1.72. The van der Waals surface area contributed by atoms with E-state index >= 15 is 0 Å². The molecule has 5 nitrogen and oxygen atoms in total. The molecule has 0 spiro atoms. The zero-order chi connectivity index (χ0) is 20.8. The fourth-order valence-electron chi connectivity index (χ4n) is 2.88. The average molecular weight is 407 g/mol. The van der Waals surface area contributed by atoms with Gasteiger partial charge in [-0.05, 0) is 30.5 Å². The molecule has 150 valence electrons. The lowest BCUT2D eigenvalue weighted by Crippen LogP contribution is -2.23. The number of benzene rings is 2. The molecule has 0 fully saturated rings. The highest BCUT2D eigenvalue weighted by Gasteiger charge is 2.20. The SMILES string of the molecule is C=CCn1c(S[C@@H](C)C(=O)Nc2ccc(C(C)C)cc2)nnc1-c1ccccc1. The van der Waals surface area contributed by atoms with Gasteiger partial charge in [-0.1, -0.05) is 74.1 Å². The van der Waals surface area contributed by atoms with E-state index in [1.165, 1.54) is 17.3 Å². The number of nitrogens with one attached hydrogen (secondary N) is 1. The van der Waals surface area contributed by atoms with Crippen molar-refractivity contribution in [1.29, 1.82) is 0 Å². The molecule has 1 N–H and O–H groups in total. The zero-order valence-corrected chi connectivity index (χ0v) is 17.8. The van der Waals surface area contributed by atoms with Gasteiger partial charge in [-0.3, -0.25) is 9.36 Å².